The van der Waals surface area contributed by atoms with Gasteiger partial charge in [0, 0.05) is 6.42 Å². The lowest BCUT2D eigenvalue weighted by Gasteiger charge is -2.00. The summed E-state index contributed by atoms with van der Waals surface area (Å²) in [6.07, 6.45) is 6.24. The molecule has 0 aliphatic carbocycles. The van der Waals surface area contributed by atoms with Gasteiger partial charge in [-0.05, 0) is 25.8 Å². The Kier molecular flexibility index (Phi) is 15.8. The summed E-state index contributed by atoms with van der Waals surface area (Å²) < 4.78 is 36.7. The number of allylic oxidation sites excluding steroid dienone is 1. The summed E-state index contributed by atoms with van der Waals surface area (Å²) in [5.41, 5.74) is 5.29. The molecule has 136 valence electrons. The van der Waals surface area contributed by atoms with E-state index >= 15 is 0 Å². The fourth-order valence-corrected chi connectivity index (χ4v) is 1.33. The van der Waals surface area contributed by atoms with Crippen molar-refractivity contribution < 1.29 is 32.6 Å². The summed E-state index contributed by atoms with van der Waals surface area (Å²) in [5.74, 6) is -2.91. The second-order valence-corrected chi connectivity index (χ2v) is 4.70. The predicted molar refractivity (Wildman–Crippen MR) is 80.8 cm³/mol. The van der Waals surface area contributed by atoms with Crippen LogP contribution in [0.25, 0.3) is 0 Å². The molecular weight excluding hydrogens is 315 g/mol. The maximum absolute atomic E-state index is 11.1. The molecule has 0 aromatic carbocycles. The molecule has 0 fully saturated rings. The number of carboxylic acids is 1. The quantitative estimate of drug-likeness (QED) is 0.361. The Labute approximate surface area is 134 Å². The van der Waals surface area contributed by atoms with E-state index in [-0.39, 0.29) is 5.97 Å². The molecule has 0 amide bonds. The maximum Gasteiger partial charge on any atom is 0.490 e. The first-order valence-electron chi connectivity index (χ1n) is 7.56. The van der Waals surface area contributed by atoms with Crippen molar-refractivity contribution in [3.63, 3.8) is 0 Å². The minimum Gasteiger partial charge on any atom is -0.475 e. The number of aliphatic carboxylic acids is 1. The van der Waals surface area contributed by atoms with Gasteiger partial charge in [-0.25, -0.2) is 4.79 Å². The molecule has 0 saturated heterocycles. The Morgan fingerprint density at radius 1 is 1.13 bits per heavy atom. The van der Waals surface area contributed by atoms with Crippen LogP contribution < -0.4 is 5.73 Å². The Bertz CT molecular complexity index is 344. The van der Waals surface area contributed by atoms with Crippen LogP contribution in [0.1, 0.15) is 51.9 Å². The Hall–Kier alpha value is -1.57. The van der Waals surface area contributed by atoms with Crippen LogP contribution >= 0.6 is 0 Å². The molecule has 0 aliphatic rings. The molecule has 0 bridgehead atoms. The molecule has 5 nitrogen and oxygen atoms in total. The smallest absolute Gasteiger partial charge is 0.475 e. The van der Waals surface area contributed by atoms with E-state index in [0.717, 1.165) is 6.42 Å². The van der Waals surface area contributed by atoms with Gasteiger partial charge in [0.25, 0.3) is 0 Å². The largest absolute Gasteiger partial charge is 0.490 e. The molecule has 0 spiro atoms. The SMILES string of the molecule is CCCCCC/C=C\COC(=O)CCCN.O=C(O)C(F)(F)F. The average Bonchev–Trinajstić information content (AvgIpc) is 2.47. The number of hydrogen-bond donors (Lipinski definition) is 2. The number of nitrogens with two attached hydrogens (primary N) is 1. The number of hydrogen-bond acceptors (Lipinski definition) is 4. The van der Waals surface area contributed by atoms with Gasteiger partial charge in [0.05, 0.1) is 0 Å². The lowest BCUT2D eigenvalue weighted by Crippen LogP contribution is -2.21. The number of rotatable bonds is 10. The van der Waals surface area contributed by atoms with E-state index in [1.165, 1.54) is 25.7 Å². The maximum atomic E-state index is 11.1. The molecule has 0 aromatic rings. The van der Waals surface area contributed by atoms with Gasteiger partial charge in [0.15, 0.2) is 0 Å². The molecule has 0 unspecified atom stereocenters. The number of carboxylic acid groups (broad SMARTS) is 1. The number of esters is 1. The summed E-state index contributed by atoms with van der Waals surface area (Å²) in [6.45, 7) is 3.15. The molecule has 0 saturated carbocycles. The zero-order valence-corrected chi connectivity index (χ0v) is 13.4. The van der Waals surface area contributed by atoms with Crippen molar-refractivity contribution >= 4 is 11.9 Å². The second kappa shape index (κ2) is 15.3. The van der Waals surface area contributed by atoms with Gasteiger partial charge in [0.1, 0.15) is 6.61 Å². The number of carbonyl (C=O) groups is 2. The number of carbonyl (C=O) groups excluding carboxylic acids is 1. The van der Waals surface area contributed by atoms with Crippen LogP contribution in [0.15, 0.2) is 12.2 Å². The lowest BCUT2D eigenvalue weighted by atomic mass is 10.1. The standard InChI is InChI=1S/C13H25NO2.C2HF3O2/c1-2-3-4-5-6-7-8-12-16-13(15)10-9-11-14;3-2(4,5)1(6)7/h7-8H,2-6,9-12,14H2,1H3;(H,6,7)/b8-7-;. The normalized spacial score (nSPS) is 11.0. The lowest BCUT2D eigenvalue weighted by molar-refractivity contribution is -0.192. The molecule has 0 aliphatic heterocycles. The molecule has 0 aromatic heterocycles. The molecule has 0 radical (unpaired) electrons. The zero-order chi connectivity index (χ0) is 18.1. The van der Waals surface area contributed by atoms with Gasteiger partial charge in [-0.3, -0.25) is 4.79 Å². The van der Waals surface area contributed by atoms with Gasteiger partial charge in [-0.1, -0.05) is 38.3 Å². The van der Waals surface area contributed by atoms with Crippen LogP contribution in [0.3, 0.4) is 0 Å². The summed E-state index contributed by atoms with van der Waals surface area (Å²) in [5, 5.41) is 7.12. The summed E-state index contributed by atoms with van der Waals surface area (Å²) in [6, 6.07) is 0. The van der Waals surface area contributed by atoms with Gasteiger partial charge >= 0.3 is 18.1 Å². The molecule has 0 heterocycles. The van der Waals surface area contributed by atoms with E-state index in [2.05, 4.69) is 13.0 Å². The monoisotopic (exact) mass is 341 g/mol. The molecule has 8 heteroatoms. The third-order valence-electron chi connectivity index (χ3n) is 2.56. The van der Waals surface area contributed by atoms with Crippen molar-refractivity contribution in [3.8, 4) is 0 Å². The predicted octanol–water partition coefficient (Wildman–Crippen LogP) is 3.43. The summed E-state index contributed by atoms with van der Waals surface area (Å²) in [7, 11) is 0. The number of halogens is 3. The third kappa shape index (κ3) is 20.4. The molecule has 23 heavy (non-hydrogen) atoms. The van der Waals surface area contributed by atoms with Gasteiger partial charge in [-0.2, -0.15) is 13.2 Å². The third-order valence-corrected chi connectivity index (χ3v) is 2.56. The number of alkyl halides is 3. The van der Waals surface area contributed by atoms with Crippen LogP contribution in [0.4, 0.5) is 13.2 Å². The first kappa shape index (κ1) is 23.7. The van der Waals surface area contributed by atoms with Crippen molar-refractivity contribution in [2.45, 2.75) is 58.0 Å². The molecule has 3 N–H and O–H groups in total. The van der Waals surface area contributed by atoms with E-state index in [1.54, 1.807) is 0 Å². The fraction of sp³-hybridized carbons (Fsp3) is 0.733. The molecular formula is C15H26F3NO4. The zero-order valence-electron chi connectivity index (χ0n) is 13.4. The topological polar surface area (TPSA) is 89.6 Å². The first-order valence-corrected chi connectivity index (χ1v) is 7.56. The highest BCUT2D eigenvalue weighted by molar-refractivity contribution is 5.73. The number of ether oxygens (including phenoxy) is 1. The van der Waals surface area contributed by atoms with Crippen molar-refractivity contribution in [3.05, 3.63) is 12.2 Å². The van der Waals surface area contributed by atoms with Crippen molar-refractivity contribution in [2.24, 2.45) is 5.73 Å². The highest BCUT2D eigenvalue weighted by Gasteiger charge is 2.38. The van der Waals surface area contributed by atoms with E-state index in [0.29, 0.717) is 26.0 Å². The van der Waals surface area contributed by atoms with E-state index in [9.17, 15) is 18.0 Å². The van der Waals surface area contributed by atoms with Crippen molar-refractivity contribution in [1.29, 1.82) is 0 Å². The van der Waals surface area contributed by atoms with Crippen molar-refractivity contribution in [2.75, 3.05) is 13.2 Å². The van der Waals surface area contributed by atoms with E-state index in [1.807, 2.05) is 6.08 Å². The van der Waals surface area contributed by atoms with Crippen LogP contribution in [0.2, 0.25) is 0 Å². The van der Waals surface area contributed by atoms with Gasteiger partial charge in [-0.15, -0.1) is 0 Å². The van der Waals surface area contributed by atoms with Crippen molar-refractivity contribution in [1.82, 2.24) is 0 Å². The molecule has 0 atom stereocenters. The van der Waals surface area contributed by atoms with Crippen LogP contribution in [-0.4, -0.2) is 36.4 Å². The van der Waals surface area contributed by atoms with Crippen LogP contribution in [-0.2, 0) is 14.3 Å². The fourth-order valence-electron chi connectivity index (χ4n) is 1.33. The van der Waals surface area contributed by atoms with Crippen LogP contribution in [0.5, 0.6) is 0 Å². The minimum absolute atomic E-state index is 0.152. The highest BCUT2D eigenvalue weighted by Crippen LogP contribution is 2.13. The highest BCUT2D eigenvalue weighted by atomic mass is 19.4. The average molecular weight is 341 g/mol. The van der Waals surface area contributed by atoms with Gasteiger partial charge in [0.2, 0.25) is 0 Å². The second-order valence-electron chi connectivity index (χ2n) is 4.70. The Morgan fingerprint density at radius 3 is 2.22 bits per heavy atom. The van der Waals surface area contributed by atoms with E-state index < -0.39 is 12.1 Å². The first-order chi connectivity index (χ1) is 10.8. The Balaban J connectivity index is 0. The van der Waals surface area contributed by atoms with E-state index in [4.69, 9.17) is 20.4 Å². The summed E-state index contributed by atoms with van der Waals surface area (Å²) >= 11 is 0. The van der Waals surface area contributed by atoms with Gasteiger partial charge < -0.3 is 15.6 Å². The summed E-state index contributed by atoms with van der Waals surface area (Å²) in [4.78, 5) is 20.0. The van der Waals surface area contributed by atoms with Crippen LogP contribution in [0, 0.1) is 0 Å². The number of unbranched alkanes of at least 4 members (excludes halogenated alkanes) is 4. The molecule has 0 rings (SSSR count). The minimum atomic E-state index is -5.08. The Morgan fingerprint density at radius 2 is 1.74 bits per heavy atom.